The predicted molar refractivity (Wildman–Crippen MR) is 70.1 cm³/mol. The van der Waals surface area contributed by atoms with Crippen molar-refractivity contribution in [3.8, 4) is 0 Å². The third kappa shape index (κ3) is 3.80. The van der Waals surface area contributed by atoms with Gasteiger partial charge in [-0.3, -0.25) is 4.98 Å². The summed E-state index contributed by atoms with van der Waals surface area (Å²) in [7, 11) is 2.11. The molecular formula is C14H18N2O. The van der Waals surface area contributed by atoms with Gasteiger partial charge >= 0.3 is 0 Å². The molecule has 1 aliphatic rings. The molecule has 1 aromatic heterocycles. The van der Waals surface area contributed by atoms with Gasteiger partial charge in [0.2, 0.25) is 0 Å². The Labute approximate surface area is 102 Å². The van der Waals surface area contributed by atoms with Crippen molar-refractivity contribution in [2.75, 3.05) is 33.4 Å². The zero-order valence-corrected chi connectivity index (χ0v) is 10.2. The first-order valence-electron chi connectivity index (χ1n) is 5.92. The van der Waals surface area contributed by atoms with E-state index in [2.05, 4.69) is 29.1 Å². The summed E-state index contributed by atoms with van der Waals surface area (Å²) < 4.78 is 5.10. The van der Waals surface area contributed by atoms with E-state index < -0.39 is 0 Å². The summed E-state index contributed by atoms with van der Waals surface area (Å²) in [5.41, 5.74) is 1.06. The quantitative estimate of drug-likeness (QED) is 0.693. The van der Waals surface area contributed by atoms with Crippen LogP contribution < -0.4 is 0 Å². The lowest BCUT2D eigenvalue weighted by Gasteiger charge is -2.21. The molecule has 2 heterocycles. The molecule has 1 aromatic carbocycles. The van der Waals surface area contributed by atoms with Gasteiger partial charge in [0.15, 0.2) is 0 Å². The number of pyridine rings is 1. The van der Waals surface area contributed by atoms with Crippen LogP contribution >= 0.6 is 0 Å². The molecule has 0 saturated carbocycles. The minimum atomic E-state index is 0.913. The number of ether oxygens (including phenoxy) is 1. The fourth-order valence-electron chi connectivity index (χ4n) is 1.67. The average molecular weight is 230 g/mol. The van der Waals surface area contributed by atoms with Gasteiger partial charge in [-0.2, -0.15) is 0 Å². The van der Waals surface area contributed by atoms with E-state index in [1.807, 2.05) is 30.5 Å². The van der Waals surface area contributed by atoms with Gasteiger partial charge in [0.05, 0.1) is 18.7 Å². The van der Waals surface area contributed by atoms with Crippen LogP contribution in [0.5, 0.6) is 0 Å². The van der Waals surface area contributed by atoms with Gasteiger partial charge in [-0.1, -0.05) is 24.3 Å². The molecule has 0 spiro atoms. The van der Waals surface area contributed by atoms with Crippen molar-refractivity contribution in [1.82, 2.24) is 9.88 Å². The molecule has 0 bridgehead atoms. The van der Waals surface area contributed by atoms with E-state index in [-0.39, 0.29) is 0 Å². The molecule has 2 aromatic rings. The minimum absolute atomic E-state index is 0.913. The highest BCUT2D eigenvalue weighted by atomic mass is 16.5. The topological polar surface area (TPSA) is 25.4 Å². The maximum atomic E-state index is 5.10. The van der Waals surface area contributed by atoms with Crippen molar-refractivity contribution in [2.24, 2.45) is 0 Å². The molecule has 1 saturated heterocycles. The first-order chi connectivity index (χ1) is 8.36. The van der Waals surface area contributed by atoms with Gasteiger partial charge in [-0.05, 0) is 19.2 Å². The maximum absolute atomic E-state index is 5.10. The largest absolute Gasteiger partial charge is 0.379 e. The molecule has 0 N–H and O–H groups in total. The Morgan fingerprint density at radius 1 is 1.06 bits per heavy atom. The summed E-state index contributed by atoms with van der Waals surface area (Å²) in [6.07, 6.45) is 1.81. The highest BCUT2D eigenvalue weighted by Gasteiger charge is 2.02. The first kappa shape index (κ1) is 12.0. The van der Waals surface area contributed by atoms with Crippen LogP contribution in [0.25, 0.3) is 10.9 Å². The zero-order chi connectivity index (χ0) is 11.9. The Kier molecular flexibility index (Phi) is 4.47. The van der Waals surface area contributed by atoms with Crippen LogP contribution in [-0.2, 0) is 4.74 Å². The fourth-order valence-corrected chi connectivity index (χ4v) is 1.67. The van der Waals surface area contributed by atoms with Crippen molar-refractivity contribution >= 4 is 10.9 Å². The van der Waals surface area contributed by atoms with E-state index in [4.69, 9.17) is 4.74 Å². The lowest BCUT2D eigenvalue weighted by atomic mass is 10.2. The number of benzene rings is 1. The van der Waals surface area contributed by atoms with Gasteiger partial charge < -0.3 is 9.64 Å². The number of nitrogens with zero attached hydrogens (tertiary/aromatic N) is 2. The van der Waals surface area contributed by atoms with Gasteiger partial charge in [0.1, 0.15) is 0 Å². The molecule has 3 heteroatoms. The summed E-state index contributed by atoms with van der Waals surface area (Å²) in [6.45, 7) is 4.02. The highest BCUT2D eigenvalue weighted by Crippen LogP contribution is 2.07. The molecule has 0 unspecified atom stereocenters. The normalized spacial score (nSPS) is 16.3. The van der Waals surface area contributed by atoms with Crippen LogP contribution in [0.15, 0.2) is 42.6 Å². The van der Waals surface area contributed by atoms with E-state index in [1.54, 1.807) is 0 Å². The average Bonchev–Trinajstić information content (AvgIpc) is 2.41. The molecule has 0 radical (unpaired) electrons. The van der Waals surface area contributed by atoms with Gasteiger partial charge in [-0.15, -0.1) is 0 Å². The smallest absolute Gasteiger partial charge is 0.0701 e. The summed E-state index contributed by atoms with van der Waals surface area (Å²) in [6, 6.07) is 12.1. The first-order valence-corrected chi connectivity index (χ1v) is 5.92. The predicted octanol–water partition coefficient (Wildman–Crippen LogP) is 2.18. The fraction of sp³-hybridized carbons (Fsp3) is 0.357. The van der Waals surface area contributed by atoms with Gasteiger partial charge in [0, 0.05) is 24.7 Å². The molecular weight excluding hydrogens is 212 g/mol. The second kappa shape index (κ2) is 6.33. The summed E-state index contributed by atoms with van der Waals surface area (Å²) in [4.78, 5) is 6.45. The zero-order valence-electron chi connectivity index (χ0n) is 10.2. The van der Waals surface area contributed by atoms with E-state index in [0.717, 1.165) is 31.8 Å². The van der Waals surface area contributed by atoms with E-state index in [0.29, 0.717) is 0 Å². The Bertz CT molecular complexity index is 387. The molecule has 0 aliphatic carbocycles. The molecule has 3 nitrogen and oxygen atoms in total. The van der Waals surface area contributed by atoms with Crippen molar-refractivity contribution in [3.63, 3.8) is 0 Å². The number of hydrogen-bond acceptors (Lipinski definition) is 3. The highest BCUT2D eigenvalue weighted by molar-refractivity contribution is 5.77. The van der Waals surface area contributed by atoms with Crippen LogP contribution in [0.2, 0.25) is 0 Å². The Hall–Kier alpha value is -1.45. The summed E-state index contributed by atoms with van der Waals surface area (Å²) >= 11 is 0. The minimum Gasteiger partial charge on any atom is -0.379 e. The Morgan fingerprint density at radius 3 is 2.41 bits per heavy atom. The molecule has 1 fully saturated rings. The number of rotatable bonds is 0. The Balaban J connectivity index is 0.000000136. The monoisotopic (exact) mass is 230 g/mol. The Morgan fingerprint density at radius 2 is 1.76 bits per heavy atom. The molecule has 0 atom stereocenters. The number of aromatic nitrogens is 1. The number of likely N-dealkylation sites (N-methyl/N-ethyl adjacent to an activating group) is 1. The molecule has 1 aliphatic heterocycles. The SMILES string of the molecule is CN1CCOCC1.c1ccc2ncccc2c1. The van der Waals surface area contributed by atoms with Crippen LogP contribution in [-0.4, -0.2) is 43.2 Å². The van der Waals surface area contributed by atoms with Crippen molar-refractivity contribution in [2.45, 2.75) is 0 Å². The number of fused-ring (bicyclic) bond motifs is 1. The van der Waals surface area contributed by atoms with E-state index in [1.165, 1.54) is 5.39 Å². The third-order valence-corrected chi connectivity index (χ3v) is 2.75. The molecule has 3 rings (SSSR count). The maximum Gasteiger partial charge on any atom is 0.0701 e. The van der Waals surface area contributed by atoms with Crippen molar-refractivity contribution in [3.05, 3.63) is 42.6 Å². The number of hydrogen-bond donors (Lipinski definition) is 0. The second-order valence-corrected chi connectivity index (χ2v) is 4.11. The lowest BCUT2D eigenvalue weighted by Crippen LogP contribution is -2.32. The van der Waals surface area contributed by atoms with Gasteiger partial charge in [-0.25, -0.2) is 0 Å². The van der Waals surface area contributed by atoms with Crippen molar-refractivity contribution < 1.29 is 4.74 Å². The lowest BCUT2D eigenvalue weighted by molar-refractivity contribution is 0.0503. The van der Waals surface area contributed by atoms with Crippen LogP contribution in [0.3, 0.4) is 0 Å². The van der Waals surface area contributed by atoms with Crippen LogP contribution in [0, 0.1) is 0 Å². The van der Waals surface area contributed by atoms with E-state index in [9.17, 15) is 0 Å². The second-order valence-electron chi connectivity index (χ2n) is 4.11. The summed E-state index contributed by atoms with van der Waals surface area (Å²) in [5.74, 6) is 0. The molecule has 0 amide bonds. The van der Waals surface area contributed by atoms with Gasteiger partial charge in [0.25, 0.3) is 0 Å². The molecule has 17 heavy (non-hydrogen) atoms. The summed E-state index contributed by atoms with van der Waals surface area (Å²) in [5, 5.41) is 1.20. The number of morpholine rings is 1. The van der Waals surface area contributed by atoms with Crippen LogP contribution in [0.4, 0.5) is 0 Å². The van der Waals surface area contributed by atoms with Crippen LogP contribution in [0.1, 0.15) is 0 Å². The number of para-hydroxylation sites is 1. The van der Waals surface area contributed by atoms with Crippen molar-refractivity contribution in [1.29, 1.82) is 0 Å². The molecule has 90 valence electrons. The standard InChI is InChI=1S/C9H7N.C5H11NO/c1-2-6-9-8(4-1)5-3-7-10-9;1-6-2-4-7-5-3-6/h1-7H;2-5H2,1H3. The van der Waals surface area contributed by atoms with E-state index >= 15 is 0 Å². The third-order valence-electron chi connectivity index (χ3n) is 2.75.